The van der Waals surface area contributed by atoms with E-state index in [-0.39, 0.29) is 17.2 Å². The second-order valence-electron chi connectivity index (χ2n) is 8.09. The van der Waals surface area contributed by atoms with E-state index in [4.69, 9.17) is 35.4 Å². The van der Waals surface area contributed by atoms with Crippen LogP contribution in [-0.4, -0.2) is 29.9 Å². The van der Waals surface area contributed by atoms with Crippen molar-refractivity contribution in [3.8, 4) is 0 Å². The first-order valence-corrected chi connectivity index (χ1v) is 11.9. The number of benzodiazepines with no additional fused rings is 1. The standard InChI is InChI=1S/C25H18Cl2F4N4OS/c1-35-20-7-6-15(26)11-18(20)21(17-4-2-3-5-19(17)27)33-22(23(35)36)34-24(37)32-12-13-8-14(25(29,30)31)10-16(28)9-13/h2-11,22H,12H2,1H3,(H2,32,34,37). The molecule has 192 valence electrons. The Bertz CT molecular complexity index is 1410. The van der Waals surface area contributed by atoms with E-state index in [1.54, 1.807) is 49.5 Å². The predicted octanol–water partition coefficient (Wildman–Crippen LogP) is 5.96. The molecule has 0 spiro atoms. The van der Waals surface area contributed by atoms with Crippen molar-refractivity contribution in [2.45, 2.75) is 18.9 Å². The zero-order valence-electron chi connectivity index (χ0n) is 19.0. The van der Waals surface area contributed by atoms with Crippen LogP contribution in [0, 0.1) is 5.82 Å². The first kappa shape index (κ1) is 26.8. The molecule has 37 heavy (non-hydrogen) atoms. The fourth-order valence-electron chi connectivity index (χ4n) is 3.78. The minimum atomic E-state index is -4.70. The summed E-state index contributed by atoms with van der Waals surface area (Å²) >= 11 is 18.0. The van der Waals surface area contributed by atoms with Gasteiger partial charge in [-0.05, 0) is 60.2 Å². The van der Waals surface area contributed by atoms with Gasteiger partial charge < -0.3 is 15.5 Å². The molecule has 1 aliphatic heterocycles. The molecule has 3 aromatic carbocycles. The maximum absolute atomic E-state index is 13.7. The smallest absolute Gasteiger partial charge is 0.359 e. The number of rotatable bonds is 4. The maximum atomic E-state index is 13.7. The van der Waals surface area contributed by atoms with Crippen LogP contribution >= 0.6 is 35.4 Å². The Kier molecular flexibility index (Phi) is 7.72. The van der Waals surface area contributed by atoms with Crippen LogP contribution in [-0.2, 0) is 17.5 Å². The van der Waals surface area contributed by atoms with Crippen LogP contribution < -0.4 is 15.5 Å². The van der Waals surface area contributed by atoms with Gasteiger partial charge in [0.2, 0.25) is 6.17 Å². The molecule has 1 unspecified atom stereocenters. The number of carbonyl (C=O) groups excluding carboxylic acids is 1. The minimum Gasteiger partial charge on any atom is -0.359 e. The van der Waals surface area contributed by atoms with Crippen molar-refractivity contribution in [3.63, 3.8) is 0 Å². The molecule has 0 aliphatic carbocycles. The Morgan fingerprint density at radius 1 is 1.08 bits per heavy atom. The molecule has 1 amide bonds. The van der Waals surface area contributed by atoms with E-state index in [9.17, 15) is 22.4 Å². The van der Waals surface area contributed by atoms with Gasteiger partial charge in [-0.1, -0.05) is 41.4 Å². The van der Waals surface area contributed by atoms with E-state index in [2.05, 4.69) is 15.6 Å². The Labute approximate surface area is 225 Å². The van der Waals surface area contributed by atoms with Gasteiger partial charge in [0, 0.05) is 34.8 Å². The molecule has 2 N–H and O–H groups in total. The topological polar surface area (TPSA) is 56.7 Å². The van der Waals surface area contributed by atoms with Gasteiger partial charge in [-0.3, -0.25) is 4.79 Å². The predicted molar refractivity (Wildman–Crippen MR) is 140 cm³/mol. The molecule has 3 aromatic rings. The summed E-state index contributed by atoms with van der Waals surface area (Å²) in [6.45, 7) is -0.222. The van der Waals surface area contributed by atoms with E-state index in [1.165, 1.54) is 4.90 Å². The van der Waals surface area contributed by atoms with Crippen LogP contribution in [0.2, 0.25) is 10.0 Å². The number of nitrogens with zero attached hydrogens (tertiary/aromatic N) is 2. The summed E-state index contributed by atoms with van der Waals surface area (Å²) in [7, 11) is 1.57. The molecule has 0 bridgehead atoms. The number of anilines is 1. The lowest BCUT2D eigenvalue weighted by molar-refractivity contribution is -0.137. The summed E-state index contributed by atoms with van der Waals surface area (Å²) < 4.78 is 52.8. The average Bonchev–Trinajstić information content (AvgIpc) is 2.92. The minimum absolute atomic E-state index is 0.0168. The third-order valence-electron chi connectivity index (χ3n) is 5.53. The number of benzene rings is 3. The quantitative estimate of drug-likeness (QED) is 0.301. The number of carbonyl (C=O) groups is 1. The molecule has 0 radical (unpaired) electrons. The van der Waals surface area contributed by atoms with Gasteiger partial charge >= 0.3 is 6.18 Å². The molecule has 4 rings (SSSR count). The van der Waals surface area contributed by atoms with Crippen molar-refractivity contribution < 1.29 is 22.4 Å². The number of fused-ring (bicyclic) bond motifs is 1. The summed E-state index contributed by atoms with van der Waals surface area (Å²) in [4.78, 5) is 19.3. The molecule has 1 aliphatic rings. The number of amides is 1. The normalized spacial score (nSPS) is 15.5. The van der Waals surface area contributed by atoms with E-state index in [1.807, 2.05) is 0 Å². The lowest BCUT2D eigenvalue weighted by atomic mass is 10.00. The first-order chi connectivity index (χ1) is 17.4. The van der Waals surface area contributed by atoms with Crippen molar-refractivity contribution in [2.75, 3.05) is 11.9 Å². The monoisotopic (exact) mass is 568 g/mol. The van der Waals surface area contributed by atoms with Crippen molar-refractivity contribution in [1.29, 1.82) is 0 Å². The van der Waals surface area contributed by atoms with Crippen LogP contribution in [0.3, 0.4) is 0 Å². The van der Waals surface area contributed by atoms with Gasteiger partial charge in [0.1, 0.15) is 5.82 Å². The van der Waals surface area contributed by atoms with Crippen LogP contribution in [0.1, 0.15) is 22.3 Å². The third kappa shape index (κ3) is 6.03. The fourth-order valence-corrected chi connectivity index (χ4v) is 4.36. The molecule has 0 fully saturated rings. The Morgan fingerprint density at radius 3 is 2.51 bits per heavy atom. The highest BCUT2D eigenvalue weighted by atomic mass is 35.5. The summed E-state index contributed by atoms with van der Waals surface area (Å²) in [5.41, 5.74) is 0.953. The van der Waals surface area contributed by atoms with Crippen LogP contribution in [0.4, 0.5) is 23.2 Å². The van der Waals surface area contributed by atoms with Crippen molar-refractivity contribution in [1.82, 2.24) is 10.6 Å². The molecule has 1 heterocycles. The van der Waals surface area contributed by atoms with Gasteiger partial charge in [0.25, 0.3) is 5.91 Å². The van der Waals surface area contributed by atoms with Crippen molar-refractivity contribution in [2.24, 2.45) is 4.99 Å². The summed E-state index contributed by atoms with van der Waals surface area (Å²) in [6, 6.07) is 14.1. The second-order valence-corrected chi connectivity index (χ2v) is 9.34. The van der Waals surface area contributed by atoms with Gasteiger partial charge in [0.15, 0.2) is 5.11 Å². The molecule has 0 saturated carbocycles. The number of nitrogens with one attached hydrogen (secondary N) is 2. The third-order valence-corrected chi connectivity index (χ3v) is 6.36. The molecule has 1 atom stereocenters. The molecular formula is C25H18Cl2F4N4OS. The number of hydrogen-bond donors (Lipinski definition) is 2. The summed E-state index contributed by atoms with van der Waals surface area (Å²) in [5.74, 6) is -1.49. The Hall–Kier alpha value is -3.21. The van der Waals surface area contributed by atoms with E-state index < -0.39 is 29.6 Å². The number of thiocarbonyl (C=S) groups is 1. The number of hydrogen-bond acceptors (Lipinski definition) is 3. The Morgan fingerprint density at radius 2 is 1.81 bits per heavy atom. The summed E-state index contributed by atoms with van der Waals surface area (Å²) in [5, 5.41) is 6.24. The van der Waals surface area contributed by atoms with Crippen molar-refractivity contribution in [3.05, 3.63) is 98.8 Å². The number of aliphatic imine (C=N–C) groups is 1. The zero-order valence-corrected chi connectivity index (χ0v) is 21.4. The lowest BCUT2D eigenvalue weighted by Crippen LogP contribution is -2.49. The maximum Gasteiger partial charge on any atom is 0.416 e. The average molecular weight is 569 g/mol. The van der Waals surface area contributed by atoms with E-state index in [0.29, 0.717) is 38.6 Å². The molecule has 12 heteroatoms. The van der Waals surface area contributed by atoms with Gasteiger partial charge in [-0.2, -0.15) is 13.2 Å². The van der Waals surface area contributed by atoms with Crippen molar-refractivity contribution >= 4 is 57.8 Å². The van der Waals surface area contributed by atoms with E-state index in [0.717, 1.165) is 12.1 Å². The number of alkyl halides is 3. The Balaban J connectivity index is 1.63. The van der Waals surface area contributed by atoms with Crippen LogP contribution in [0.5, 0.6) is 0 Å². The largest absolute Gasteiger partial charge is 0.416 e. The highest BCUT2D eigenvalue weighted by molar-refractivity contribution is 7.80. The molecule has 0 saturated heterocycles. The summed E-state index contributed by atoms with van der Waals surface area (Å²) in [6.07, 6.45) is -5.91. The number of halogens is 6. The van der Waals surface area contributed by atoms with Gasteiger partial charge in [-0.15, -0.1) is 0 Å². The number of likely N-dealkylation sites (N-methyl/N-ethyl adjacent to an activating group) is 1. The van der Waals surface area contributed by atoms with Gasteiger partial charge in [-0.25, -0.2) is 9.38 Å². The first-order valence-electron chi connectivity index (χ1n) is 10.8. The zero-order chi connectivity index (χ0) is 26.9. The SMILES string of the molecule is CN1C(=O)C(NC(=S)NCc2cc(F)cc(C(F)(F)F)c2)N=C(c2ccccc2Cl)c2cc(Cl)ccc21. The molecular weight excluding hydrogens is 551 g/mol. The fraction of sp³-hybridized carbons (Fsp3) is 0.160. The highest BCUT2D eigenvalue weighted by Crippen LogP contribution is 2.32. The van der Waals surface area contributed by atoms with Gasteiger partial charge in [0.05, 0.1) is 17.0 Å². The van der Waals surface area contributed by atoms with Crippen LogP contribution in [0.25, 0.3) is 0 Å². The second kappa shape index (κ2) is 10.6. The highest BCUT2D eigenvalue weighted by Gasteiger charge is 2.32. The molecule has 0 aromatic heterocycles. The lowest BCUT2D eigenvalue weighted by Gasteiger charge is -2.22. The molecule has 5 nitrogen and oxygen atoms in total. The van der Waals surface area contributed by atoms with E-state index >= 15 is 0 Å². The van der Waals surface area contributed by atoms with Crippen LogP contribution in [0.15, 0.2) is 65.7 Å².